The molecule has 1 saturated carbocycles. The Morgan fingerprint density at radius 3 is 2.88 bits per heavy atom. The second-order valence-electron chi connectivity index (χ2n) is 6.26. The second-order valence-corrected chi connectivity index (χ2v) is 6.26. The van der Waals surface area contributed by atoms with Crippen LogP contribution in [0.1, 0.15) is 37.7 Å². The average molecular weight is 328 g/mol. The SMILES string of the molecule is O=C(NC/C=C(\O)NC1CCCCC1)C1=CCc2ccccc2O1. The van der Waals surface area contributed by atoms with E-state index in [1.807, 2.05) is 24.3 Å². The van der Waals surface area contributed by atoms with Gasteiger partial charge in [-0.05, 0) is 43.0 Å². The first kappa shape index (κ1) is 16.4. The smallest absolute Gasteiger partial charge is 0.286 e. The van der Waals surface area contributed by atoms with Gasteiger partial charge in [-0.2, -0.15) is 0 Å². The first-order valence-corrected chi connectivity index (χ1v) is 8.62. The van der Waals surface area contributed by atoms with Gasteiger partial charge in [0.2, 0.25) is 0 Å². The molecule has 1 amide bonds. The van der Waals surface area contributed by atoms with Gasteiger partial charge in [-0.1, -0.05) is 37.5 Å². The van der Waals surface area contributed by atoms with E-state index in [1.54, 1.807) is 12.2 Å². The lowest BCUT2D eigenvalue weighted by molar-refractivity contribution is -0.119. The molecule has 0 atom stereocenters. The van der Waals surface area contributed by atoms with Gasteiger partial charge >= 0.3 is 0 Å². The van der Waals surface area contributed by atoms with Gasteiger partial charge in [-0.15, -0.1) is 0 Å². The van der Waals surface area contributed by atoms with Crippen molar-refractivity contribution in [3.63, 3.8) is 0 Å². The summed E-state index contributed by atoms with van der Waals surface area (Å²) in [5.74, 6) is 0.890. The minimum absolute atomic E-state index is 0.131. The van der Waals surface area contributed by atoms with Crippen LogP contribution in [0.5, 0.6) is 5.75 Å². The molecule has 1 heterocycles. The quantitative estimate of drug-likeness (QED) is 0.727. The number of carbonyl (C=O) groups is 1. The van der Waals surface area contributed by atoms with Crippen LogP contribution in [0.2, 0.25) is 0 Å². The Morgan fingerprint density at radius 1 is 1.25 bits per heavy atom. The number of nitrogens with one attached hydrogen (secondary N) is 2. The van der Waals surface area contributed by atoms with Crippen molar-refractivity contribution in [3.05, 3.63) is 53.6 Å². The highest BCUT2D eigenvalue weighted by atomic mass is 16.5. The maximum atomic E-state index is 12.1. The Hall–Kier alpha value is -2.43. The summed E-state index contributed by atoms with van der Waals surface area (Å²) in [5, 5.41) is 15.8. The average Bonchev–Trinajstić information content (AvgIpc) is 2.62. The molecule has 3 rings (SSSR count). The third kappa shape index (κ3) is 4.31. The van der Waals surface area contributed by atoms with Gasteiger partial charge in [0.1, 0.15) is 5.75 Å². The highest BCUT2D eigenvalue weighted by molar-refractivity contribution is 5.92. The molecule has 0 aromatic heterocycles. The van der Waals surface area contributed by atoms with Gasteiger partial charge in [-0.3, -0.25) is 4.79 Å². The summed E-state index contributed by atoms with van der Waals surface area (Å²) in [7, 11) is 0. The highest BCUT2D eigenvalue weighted by Gasteiger charge is 2.18. The number of hydrogen-bond acceptors (Lipinski definition) is 4. The summed E-state index contributed by atoms with van der Waals surface area (Å²) < 4.78 is 5.62. The molecule has 1 fully saturated rings. The molecular weight excluding hydrogens is 304 g/mol. The largest absolute Gasteiger partial charge is 0.495 e. The minimum Gasteiger partial charge on any atom is -0.495 e. The van der Waals surface area contributed by atoms with E-state index >= 15 is 0 Å². The Morgan fingerprint density at radius 2 is 2.04 bits per heavy atom. The Labute approximate surface area is 142 Å². The first-order chi connectivity index (χ1) is 11.7. The van der Waals surface area contributed by atoms with E-state index in [9.17, 15) is 9.90 Å². The molecule has 1 aliphatic carbocycles. The molecule has 0 bridgehead atoms. The van der Waals surface area contributed by atoms with Crippen molar-refractivity contribution in [1.82, 2.24) is 10.6 Å². The minimum atomic E-state index is -0.272. The van der Waals surface area contributed by atoms with Crippen LogP contribution in [0.25, 0.3) is 0 Å². The van der Waals surface area contributed by atoms with Crippen LogP contribution in [0.15, 0.2) is 48.1 Å². The van der Waals surface area contributed by atoms with Crippen molar-refractivity contribution in [2.24, 2.45) is 0 Å². The molecule has 24 heavy (non-hydrogen) atoms. The summed E-state index contributed by atoms with van der Waals surface area (Å²) in [6.07, 6.45) is 9.91. The Kier molecular flexibility index (Phi) is 5.41. The van der Waals surface area contributed by atoms with Gasteiger partial charge in [0.05, 0.1) is 0 Å². The standard InChI is InChI=1S/C19H24N2O3/c22-18(21-15-7-2-1-3-8-15)12-13-20-19(23)17-11-10-14-6-4-5-9-16(14)24-17/h4-6,9,11-12,15,21-22H,1-3,7-8,10,13H2,(H,20,23)/b18-12-. The summed E-state index contributed by atoms with van der Waals surface area (Å²) in [6, 6.07) is 8.02. The Balaban J connectivity index is 1.45. The van der Waals surface area contributed by atoms with Crippen molar-refractivity contribution < 1.29 is 14.6 Å². The molecule has 3 N–H and O–H groups in total. The molecule has 5 nitrogen and oxygen atoms in total. The predicted octanol–water partition coefficient (Wildman–Crippen LogP) is 2.94. The molecule has 0 radical (unpaired) electrons. The van der Waals surface area contributed by atoms with Gasteiger partial charge in [0.15, 0.2) is 11.6 Å². The van der Waals surface area contributed by atoms with Crippen LogP contribution in [0, 0.1) is 0 Å². The maximum Gasteiger partial charge on any atom is 0.286 e. The molecular formula is C19H24N2O3. The molecule has 0 unspecified atom stereocenters. The molecule has 1 aromatic carbocycles. The van der Waals surface area contributed by atoms with E-state index < -0.39 is 0 Å². The van der Waals surface area contributed by atoms with Crippen molar-refractivity contribution in [2.45, 2.75) is 44.6 Å². The van der Waals surface area contributed by atoms with Crippen LogP contribution in [-0.2, 0) is 11.2 Å². The van der Waals surface area contributed by atoms with Crippen molar-refractivity contribution in [2.75, 3.05) is 6.54 Å². The third-order valence-electron chi connectivity index (χ3n) is 4.44. The van der Waals surface area contributed by atoms with Gasteiger partial charge < -0.3 is 20.5 Å². The number of amides is 1. The van der Waals surface area contributed by atoms with Crippen LogP contribution in [0.3, 0.4) is 0 Å². The van der Waals surface area contributed by atoms with Crippen molar-refractivity contribution in [3.8, 4) is 5.75 Å². The number of benzene rings is 1. The summed E-state index contributed by atoms with van der Waals surface area (Å²) in [5.41, 5.74) is 1.07. The van der Waals surface area contributed by atoms with Gasteiger partial charge in [0.25, 0.3) is 5.91 Å². The van der Waals surface area contributed by atoms with Crippen LogP contribution < -0.4 is 15.4 Å². The summed E-state index contributed by atoms with van der Waals surface area (Å²) in [6.45, 7) is 0.257. The normalized spacial score (nSPS) is 18.2. The zero-order valence-electron chi connectivity index (χ0n) is 13.8. The summed E-state index contributed by atoms with van der Waals surface area (Å²) in [4.78, 5) is 12.1. The van der Waals surface area contributed by atoms with E-state index in [1.165, 1.54) is 19.3 Å². The van der Waals surface area contributed by atoms with Gasteiger partial charge in [0, 0.05) is 12.6 Å². The lowest BCUT2D eigenvalue weighted by atomic mass is 9.96. The van der Waals surface area contributed by atoms with E-state index in [4.69, 9.17) is 4.74 Å². The highest BCUT2D eigenvalue weighted by Crippen LogP contribution is 2.25. The van der Waals surface area contributed by atoms with Crippen molar-refractivity contribution in [1.29, 1.82) is 0 Å². The van der Waals surface area contributed by atoms with E-state index in [0.717, 1.165) is 24.2 Å². The number of aliphatic hydroxyl groups excluding tert-OH is 1. The number of fused-ring (bicyclic) bond motifs is 1. The van der Waals surface area contributed by atoms with Crippen molar-refractivity contribution >= 4 is 5.91 Å². The molecule has 0 spiro atoms. The molecule has 1 aromatic rings. The lowest BCUT2D eigenvalue weighted by Crippen LogP contribution is -2.32. The second kappa shape index (κ2) is 7.90. The van der Waals surface area contributed by atoms with E-state index in [-0.39, 0.29) is 18.3 Å². The van der Waals surface area contributed by atoms with Crippen LogP contribution in [-0.4, -0.2) is 23.6 Å². The van der Waals surface area contributed by atoms with Crippen LogP contribution in [0.4, 0.5) is 0 Å². The molecule has 2 aliphatic rings. The fraction of sp³-hybridized carbons (Fsp3) is 0.421. The Bertz CT molecular complexity index is 646. The van der Waals surface area contributed by atoms with Gasteiger partial charge in [-0.25, -0.2) is 0 Å². The number of para-hydroxylation sites is 1. The number of aliphatic hydroxyl groups is 1. The number of ether oxygens (including phenoxy) is 1. The molecule has 5 heteroatoms. The zero-order chi connectivity index (χ0) is 16.8. The lowest BCUT2D eigenvalue weighted by Gasteiger charge is -2.23. The topological polar surface area (TPSA) is 70.6 Å². The molecule has 0 saturated heterocycles. The fourth-order valence-corrected chi connectivity index (χ4v) is 3.12. The monoisotopic (exact) mass is 328 g/mol. The van der Waals surface area contributed by atoms with E-state index in [0.29, 0.717) is 18.2 Å². The van der Waals surface area contributed by atoms with E-state index in [2.05, 4.69) is 10.6 Å². The fourth-order valence-electron chi connectivity index (χ4n) is 3.12. The van der Waals surface area contributed by atoms with Crippen LogP contribution >= 0.6 is 0 Å². The number of rotatable bonds is 5. The molecule has 128 valence electrons. The predicted molar refractivity (Wildman–Crippen MR) is 92.6 cm³/mol. The maximum absolute atomic E-state index is 12.1. The third-order valence-corrected chi connectivity index (χ3v) is 4.44. The number of allylic oxidation sites excluding steroid dienone is 1. The number of hydrogen-bond donors (Lipinski definition) is 3. The zero-order valence-corrected chi connectivity index (χ0v) is 13.8. The summed E-state index contributed by atoms with van der Waals surface area (Å²) >= 11 is 0. The first-order valence-electron chi connectivity index (χ1n) is 8.62. The number of carbonyl (C=O) groups excluding carboxylic acids is 1. The molecule has 1 aliphatic heterocycles.